The monoisotopic (exact) mass is 287 g/mol. The zero-order valence-corrected chi connectivity index (χ0v) is 11.6. The number of rotatable bonds is 4. The first-order valence-corrected chi connectivity index (χ1v) is 7.16. The molecular weight excluding hydrogens is 270 g/mol. The van der Waals surface area contributed by atoms with Crippen LogP contribution in [0.3, 0.4) is 0 Å². The molecule has 1 aromatic carbocycles. The summed E-state index contributed by atoms with van der Waals surface area (Å²) in [5.41, 5.74) is 3.15. The van der Waals surface area contributed by atoms with Gasteiger partial charge in [-0.15, -0.1) is 0 Å². The molecule has 0 saturated carbocycles. The maximum absolute atomic E-state index is 10.6. The van der Waals surface area contributed by atoms with Crippen molar-refractivity contribution in [3.8, 4) is 0 Å². The fourth-order valence-corrected chi connectivity index (χ4v) is 2.92. The smallest absolute Gasteiger partial charge is 0.303 e. The number of aryl methyl sites for hydroxylation is 2. The molecule has 3 rings (SSSR count). The van der Waals surface area contributed by atoms with Gasteiger partial charge in [0.2, 0.25) is 0 Å². The van der Waals surface area contributed by atoms with Crippen molar-refractivity contribution in [3.05, 3.63) is 35.1 Å². The van der Waals surface area contributed by atoms with Gasteiger partial charge < -0.3 is 14.7 Å². The van der Waals surface area contributed by atoms with Crippen LogP contribution in [0.1, 0.15) is 42.6 Å². The van der Waals surface area contributed by atoms with Crippen molar-refractivity contribution in [2.45, 2.75) is 38.5 Å². The number of benzene rings is 1. The topological polar surface area (TPSA) is 83.0 Å². The van der Waals surface area contributed by atoms with E-state index in [-0.39, 0.29) is 12.8 Å². The molecule has 1 aliphatic carbocycles. The van der Waals surface area contributed by atoms with E-state index in [1.807, 2.05) is 18.2 Å². The molecule has 0 spiro atoms. The number of carbonyl (C=O) groups is 1. The van der Waals surface area contributed by atoms with Crippen LogP contribution >= 0.6 is 0 Å². The maximum Gasteiger partial charge on any atom is 0.303 e. The number of fused-ring (bicyclic) bond motifs is 3. The molecule has 1 heterocycles. The van der Waals surface area contributed by atoms with E-state index in [4.69, 9.17) is 14.7 Å². The molecule has 0 fully saturated rings. The molecule has 1 aromatic heterocycles. The first-order valence-electron chi connectivity index (χ1n) is 7.16. The Morgan fingerprint density at radius 3 is 2.81 bits per heavy atom. The van der Waals surface area contributed by atoms with E-state index in [1.54, 1.807) is 0 Å². The second-order valence-corrected chi connectivity index (χ2v) is 5.36. The van der Waals surface area contributed by atoms with Crippen molar-refractivity contribution in [1.82, 2.24) is 0 Å². The highest BCUT2D eigenvalue weighted by Gasteiger charge is 2.18. The molecule has 110 valence electrons. The fourth-order valence-electron chi connectivity index (χ4n) is 2.92. The van der Waals surface area contributed by atoms with Crippen LogP contribution in [-0.4, -0.2) is 22.0 Å². The minimum absolute atomic E-state index is 0.0634. The zero-order valence-electron chi connectivity index (χ0n) is 11.6. The maximum atomic E-state index is 10.6. The minimum atomic E-state index is -0.911. The summed E-state index contributed by atoms with van der Waals surface area (Å²) in [6, 6.07) is 5.68. The van der Waals surface area contributed by atoms with Crippen molar-refractivity contribution >= 4 is 22.7 Å². The number of nitrogens with zero attached hydrogens (tertiary/aromatic N) is 1. The van der Waals surface area contributed by atoms with E-state index in [9.17, 15) is 4.79 Å². The Bertz CT molecular complexity index is 714. The van der Waals surface area contributed by atoms with Crippen LogP contribution in [0.2, 0.25) is 0 Å². The van der Waals surface area contributed by atoms with Gasteiger partial charge in [0.05, 0.1) is 12.1 Å². The van der Waals surface area contributed by atoms with Gasteiger partial charge >= 0.3 is 5.97 Å². The van der Waals surface area contributed by atoms with Gasteiger partial charge in [-0.2, -0.15) is 0 Å². The van der Waals surface area contributed by atoms with Gasteiger partial charge in [0.1, 0.15) is 11.3 Å². The fraction of sp³-hybridized carbons (Fsp3) is 0.375. The van der Waals surface area contributed by atoms with Crippen LogP contribution in [0.4, 0.5) is 0 Å². The predicted molar refractivity (Wildman–Crippen MR) is 78.0 cm³/mol. The van der Waals surface area contributed by atoms with E-state index in [2.05, 4.69) is 5.16 Å². The van der Waals surface area contributed by atoms with E-state index < -0.39 is 5.97 Å². The van der Waals surface area contributed by atoms with Crippen LogP contribution in [0.5, 0.6) is 0 Å². The van der Waals surface area contributed by atoms with Gasteiger partial charge in [-0.1, -0.05) is 17.3 Å². The van der Waals surface area contributed by atoms with Crippen molar-refractivity contribution in [2.75, 3.05) is 0 Å². The van der Waals surface area contributed by atoms with Gasteiger partial charge in [-0.3, -0.25) is 4.79 Å². The molecule has 0 bridgehead atoms. The van der Waals surface area contributed by atoms with E-state index in [1.165, 1.54) is 12.0 Å². The van der Waals surface area contributed by atoms with E-state index in [0.717, 1.165) is 36.0 Å². The lowest BCUT2D eigenvalue weighted by atomic mass is 9.95. The summed E-state index contributed by atoms with van der Waals surface area (Å²) in [6.07, 6.45) is 4.48. The Morgan fingerprint density at radius 2 is 2.05 bits per heavy atom. The van der Waals surface area contributed by atoms with Gasteiger partial charge in [-0.05, 0) is 25.3 Å². The van der Waals surface area contributed by atoms with Crippen LogP contribution < -0.4 is 0 Å². The second kappa shape index (κ2) is 5.60. The largest absolute Gasteiger partial charge is 0.481 e. The molecule has 0 atom stereocenters. The Balaban J connectivity index is 1.95. The van der Waals surface area contributed by atoms with Gasteiger partial charge in [0, 0.05) is 29.4 Å². The van der Waals surface area contributed by atoms with Crippen molar-refractivity contribution in [2.24, 2.45) is 5.16 Å². The lowest BCUT2D eigenvalue weighted by molar-refractivity contribution is -0.136. The molecule has 2 aromatic rings. The molecule has 0 aliphatic heterocycles. The molecular formula is C16H17NO4. The number of hydrogen-bond acceptors (Lipinski definition) is 4. The number of aliphatic carboxylic acids is 1. The molecule has 5 heteroatoms. The lowest BCUT2D eigenvalue weighted by Gasteiger charge is -2.08. The van der Waals surface area contributed by atoms with Gasteiger partial charge in [0.15, 0.2) is 0 Å². The molecule has 0 amide bonds. The molecule has 0 unspecified atom stereocenters. The third-order valence-electron chi connectivity index (χ3n) is 3.99. The van der Waals surface area contributed by atoms with Crippen LogP contribution in [-0.2, 0) is 17.6 Å². The average molecular weight is 287 g/mol. The van der Waals surface area contributed by atoms with Crippen LogP contribution in [0, 0.1) is 0 Å². The highest BCUT2D eigenvalue weighted by atomic mass is 16.4. The summed E-state index contributed by atoms with van der Waals surface area (Å²) in [6.45, 7) is 0. The Kier molecular flexibility index (Phi) is 3.64. The molecule has 0 saturated heterocycles. The third-order valence-corrected chi connectivity index (χ3v) is 3.99. The summed E-state index contributed by atoms with van der Waals surface area (Å²) < 4.78 is 5.90. The SMILES string of the molecule is O=C(O)CC/C(=N\O)c1ccc2c3c(oc2c1)CCCC3. The second-order valence-electron chi connectivity index (χ2n) is 5.36. The first-order chi connectivity index (χ1) is 10.2. The average Bonchev–Trinajstić information content (AvgIpc) is 2.85. The van der Waals surface area contributed by atoms with Gasteiger partial charge in [-0.25, -0.2) is 0 Å². The Hall–Kier alpha value is -2.30. The number of hydrogen-bond donors (Lipinski definition) is 2. The summed E-state index contributed by atoms with van der Waals surface area (Å²) in [5, 5.41) is 22.2. The van der Waals surface area contributed by atoms with Crippen molar-refractivity contribution in [1.29, 1.82) is 0 Å². The third kappa shape index (κ3) is 2.63. The molecule has 1 aliphatic rings. The first kappa shape index (κ1) is 13.7. The summed E-state index contributed by atoms with van der Waals surface area (Å²) in [7, 11) is 0. The summed E-state index contributed by atoms with van der Waals surface area (Å²) >= 11 is 0. The van der Waals surface area contributed by atoms with Crippen LogP contribution in [0.15, 0.2) is 27.8 Å². The van der Waals surface area contributed by atoms with Crippen LogP contribution in [0.25, 0.3) is 11.0 Å². The molecule has 21 heavy (non-hydrogen) atoms. The normalized spacial score (nSPS) is 15.1. The molecule has 0 radical (unpaired) electrons. The highest BCUT2D eigenvalue weighted by molar-refractivity contribution is 6.03. The van der Waals surface area contributed by atoms with Crippen molar-refractivity contribution < 1.29 is 19.5 Å². The molecule has 2 N–H and O–H groups in total. The number of furan rings is 1. The number of oxime groups is 1. The van der Waals surface area contributed by atoms with Gasteiger partial charge in [0.25, 0.3) is 0 Å². The van der Waals surface area contributed by atoms with Crippen molar-refractivity contribution in [3.63, 3.8) is 0 Å². The molecule has 5 nitrogen and oxygen atoms in total. The Morgan fingerprint density at radius 1 is 1.24 bits per heavy atom. The zero-order chi connectivity index (χ0) is 14.8. The van der Waals surface area contributed by atoms with E-state index >= 15 is 0 Å². The Labute approximate surface area is 121 Å². The quantitative estimate of drug-likeness (QED) is 0.513. The van der Waals surface area contributed by atoms with E-state index in [0.29, 0.717) is 11.3 Å². The lowest BCUT2D eigenvalue weighted by Crippen LogP contribution is -2.05. The standard InChI is InChI=1S/C16H17NO4/c18-16(19)8-7-13(17-20)10-5-6-12-11-3-1-2-4-14(11)21-15(12)9-10/h5-6,9,20H,1-4,7-8H2,(H,18,19)/b17-13+. The summed E-state index contributed by atoms with van der Waals surface area (Å²) in [5.74, 6) is 0.145. The highest BCUT2D eigenvalue weighted by Crippen LogP contribution is 2.32. The summed E-state index contributed by atoms with van der Waals surface area (Å²) in [4.78, 5) is 10.6. The minimum Gasteiger partial charge on any atom is -0.481 e. The number of carboxylic acids is 1. The predicted octanol–water partition coefficient (Wildman–Crippen LogP) is 3.35. The number of carboxylic acid groups (broad SMARTS) is 1.